The summed E-state index contributed by atoms with van der Waals surface area (Å²) < 4.78 is 0. The summed E-state index contributed by atoms with van der Waals surface area (Å²) in [6.45, 7) is 0. The molecule has 4 nitrogen and oxygen atoms in total. The van der Waals surface area contributed by atoms with Crippen LogP contribution in [0, 0.1) is 5.41 Å². The molecule has 0 aliphatic heterocycles. The number of benzene rings is 2. The summed E-state index contributed by atoms with van der Waals surface area (Å²) in [6.07, 6.45) is 0. The molecule has 2 rings (SSSR count). The summed E-state index contributed by atoms with van der Waals surface area (Å²) in [5.74, 6) is -0.289. The van der Waals surface area contributed by atoms with E-state index in [1.165, 1.54) is 0 Å². The normalized spacial score (nSPS) is 9.95. The number of anilines is 1. The Labute approximate surface area is 112 Å². The summed E-state index contributed by atoms with van der Waals surface area (Å²) in [5.41, 5.74) is 7.19. The van der Waals surface area contributed by atoms with E-state index in [-0.39, 0.29) is 11.7 Å². The Bertz CT molecular complexity index is 608. The van der Waals surface area contributed by atoms with Gasteiger partial charge in [-0.15, -0.1) is 0 Å². The molecule has 0 spiro atoms. The first-order chi connectivity index (χ1) is 9.11. The van der Waals surface area contributed by atoms with E-state index in [9.17, 15) is 4.79 Å². The third kappa shape index (κ3) is 2.63. The molecule has 0 atom stereocenters. The summed E-state index contributed by atoms with van der Waals surface area (Å²) in [5, 5.41) is 7.52. The van der Waals surface area contributed by atoms with Crippen molar-refractivity contribution in [2.24, 2.45) is 5.73 Å². The van der Waals surface area contributed by atoms with E-state index in [2.05, 4.69) is 0 Å². The van der Waals surface area contributed by atoms with Crippen molar-refractivity contribution in [3.8, 4) is 0 Å². The van der Waals surface area contributed by atoms with Crippen LogP contribution in [0.3, 0.4) is 0 Å². The molecule has 0 aliphatic carbocycles. The van der Waals surface area contributed by atoms with Crippen LogP contribution < -0.4 is 10.6 Å². The molecule has 1 amide bonds. The second-order valence-electron chi connectivity index (χ2n) is 4.16. The first-order valence-corrected chi connectivity index (χ1v) is 5.88. The standard InChI is InChI=1S/C15H15N3O/c1-18(11-7-3-2-4-8-11)15(19)13-10-6-5-9-12(13)14(16)17/h2-10H,1H3,(H3,16,17). The highest BCUT2D eigenvalue weighted by atomic mass is 16.2. The molecule has 0 aromatic heterocycles. The van der Waals surface area contributed by atoms with Crippen LogP contribution in [-0.2, 0) is 0 Å². The van der Waals surface area contributed by atoms with Gasteiger partial charge in [-0.2, -0.15) is 0 Å². The van der Waals surface area contributed by atoms with E-state index in [1.807, 2.05) is 30.3 Å². The van der Waals surface area contributed by atoms with E-state index < -0.39 is 0 Å². The Kier molecular flexibility index (Phi) is 3.61. The molecule has 0 heterocycles. The number of carbonyl (C=O) groups is 1. The number of rotatable bonds is 3. The minimum Gasteiger partial charge on any atom is -0.384 e. The van der Waals surface area contributed by atoms with Crippen molar-refractivity contribution >= 4 is 17.4 Å². The van der Waals surface area contributed by atoms with Crippen molar-refractivity contribution in [2.45, 2.75) is 0 Å². The fourth-order valence-corrected chi connectivity index (χ4v) is 1.85. The third-order valence-corrected chi connectivity index (χ3v) is 2.90. The van der Waals surface area contributed by atoms with Crippen molar-refractivity contribution in [3.63, 3.8) is 0 Å². The van der Waals surface area contributed by atoms with Crippen LogP contribution in [0.1, 0.15) is 15.9 Å². The van der Waals surface area contributed by atoms with Crippen LogP contribution in [0.4, 0.5) is 5.69 Å². The Morgan fingerprint density at radius 1 is 1.00 bits per heavy atom. The van der Waals surface area contributed by atoms with Crippen molar-refractivity contribution in [1.29, 1.82) is 5.41 Å². The molecule has 96 valence electrons. The van der Waals surface area contributed by atoms with Crippen molar-refractivity contribution in [2.75, 3.05) is 11.9 Å². The van der Waals surface area contributed by atoms with Crippen LogP contribution in [0.25, 0.3) is 0 Å². The SMILES string of the molecule is CN(C(=O)c1ccccc1C(=N)N)c1ccccc1. The maximum atomic E-state index is 12.4. The zero-order chi connectivity index (χ0) is 13.8. The average Bonchev–Trinajstić information content (AvgIpc) is 2.46. The number of amides is 1. The van der Waals surface area contributed by atoms with E-state index in [0.717, 1.165) is 5.69 Å². The minimum absolute atomic E-state index is 0.106. The molecule has 0 saturated heterocycles. The smallest absolute Gasteiger partial charge is 0.258 e. The topological polar surface area (TPSA) is 70.2 Å². The molecule has 0 radical (unpaired) electrons. The highest BCUT2D eigenvalue weighted by molar-refractivity contribution is 6.13. The van der Waals surface area contributed by atoms with E-state index in [4.69, 9.17) is 11.1 Å². The predicted molar refractivity (Wildman–Crippen MR) is 76.6 cm³/mol. The molecular formula is C15H15N3O. The quantitative estimate of drug-likeness (QED) is 0.650. The first-order valence-electron chi connectivity index (χ1n) is 5.88. The lowest BCUT2D eigenvalue weighted by Gasteiger charge is -2.18. The molecule has 19 heavy (non-hydrogen) atoms. The van der Waals surface area contributed by atoms with Gasteiger partial charge in [0.2, 0.25) is 0 Å². The van der Waals surface area contributed by atoms with Gasteiger partial charge >= 0.3 is 0 Å². The Hall–Kier alpha value is -2.62. The number of nitrogens with zero attached hydrogens (tertiary/aromatic N) is 1. The lowest BCUT2D eigenvalue weighted by Crippen LogP contribution is -2.28. The first kappa shape index (κ1) is 12.8. The third-order valence-electron chi connectivity index (χ3n) is 2.90. The fourth-order valence-electron chi connectivity index (χ4n) is 1.85. The van der Waals surface area contributed by atoms with Gasteiger partial charge < -0.3 is 10.6 Å². The number of nitrogen functional groups attached to an aromatic ring is 1. The predicted octanol–water partition coefficient (Wildman–Crippen LogP) is 2.25. The molecule has 0 bridgehead atoms. The molecule has 2 aromatic rings. The zero-order valence-corrected chi connectivity index (χ0v) is 10.6. The molecule has 0 fully saturated rings. The largest absolute Gasteiger partial charge is 0.384 e. The van der Waals surface area contributed by atoms with Crippen molar-refractivity contribution in [3.05, 3.63) is 65.7 Å². The Balaban J connectivity index is 2.38. The monoisotopic (exact) mass is 253 g/mol. The van der Waals surface area contributed by atoms with Gasteiger partial charge in [0, 0.05) is 18.3 Å². The van der Waals surface area contributed by atoms with Gasteiger partial charge in [-0.3, -0.25) is 10.2 Å². The molecule has 0 aliphatic rings. The van der Waals surface area contributed by atoms with Gasteiger partial charge in [0.05, 0.1) is 5.56 Å². The Morgan fingerprint density at radius 3 is 2.11 bits per heavy atom. The highest BCUT2D eigenvalue weighted by Gasteiger charge is 2.17. The average molecular weight is 253 g/mol. The second kappa shape index (κ2) is 5.35. The number of nitrogens with one attached hydrogen (secondary N) is 1. The number of amidine groups is 1. The lowest BCUT2D eigenvalue weighted by molar-refractivity contribution is 0.0993. The van der Waals surface area contributed by atoms with Gasteiger partial charge in [-0.05, 0) is 18.2 Å². The molecule has 0 saturated carbocycles. The van der Waals surface area contributed by atoms with Crippen LogP contribution in [0.15, 0.2) is 54.6 Å². The Morgan fingerprint density at radius 2 is 1.53 bits per heavy atom. The summed E-state index contributed by atoms with van der Waals surface area (Å²) in [4.78, 5) is 14.0. The number of hydrogen-bond donors (Lipinski definition) is 2. The van der Waals surface area contributed by atoms with Crippen molar-refractivity contribution < 1.29 is 4.79 Å². The van der Waals surface area contributed by atoms with Crippen LogP contribution in [0.2, 0.25) is 0 Å². The van der Waals surface area contributed by atoms with Gasteiger partial charge in [0.25, 0.3) is 5.91 Å². The van der Waals surface area contributed by atoms with Gasteiger partial charge in [0.15, 0.2) is 0 Å². The summed E-state index contributed by atoms with van der Waals surface area (Å²) in [6, 6.07) is 16.2. The number of nitrogens with two attached hydrogens (primary N) is 1. The molecule has 0 unspecified atom stereocenters. The molecule has 3 N–H and O–H groups in total. The van der Waals surface area contributed by atoms with Gasteiger partial charge in [0.1, 0.15) is 5.84 Å². The van der Waals surface area contributed by atoms with Crippen LogP contribution in [0.5, 0.6) is 0 Å². The van der Waals surface area contributed by atoms with E-state index in [0.29, 0.717) is 11.1 Å². The van der Waals surface area contributed by atoms with Crippen LogP contribution in [-0.4, -0.2) is 18.8 Å². The maximum absolute atomic E-state index is 12.4. The summed E-state index contributed by atoms with van der Waals surface area (Å²) in [7, 11) is 1.70. The second-order valence-corrected chi connectivity index (χ2v) is 4.16. The number of para-hydroxylation sites is 1. The minimum atomic E-state index is -0.183. The van der Waals surface area contributed by atoms with Gasteiger partial charge in [-0.25, -0.2) is 0 Å². The lowest BCUT2D eigenvalue weighted by atomic mass is 10.1. The van der Waals surface area contributed by atoms with Crippen molar-refractivity contribution in [1.82, 2.24) is 0 Å². The van der Waals surface area contributed by atoms with Gasteiger partial charge in [-0.1, -0.05) is 36.4 Å². The molecule has 2 aromatic carbocycles. The zero-order valence-electron chi connectivity index (χ0n) is 10.6. The molecule has 4 heteroatoms. The van der Waals surface area contributed by atoms with E-state index in [1.54, 1.807) is 36.2 Å². The molecular weight excluding hydrogens is 238 g/mol. The number of hydrogen-bond acceptors (Lipinski definition) is 2. The fraction of sp³-hybridized carbons (Fsp3) is 0.0667. The van der Waals surface area contributed by atoms with E-state index >= 15 is 0 Å². The van der Waals surface area contributed by atoms with Crippen LogP contribution >= 0.6 is 0 Å². The number of carbonyl (C=O) groups excluding carboxylic acids is 1. The maximum Gasteiger partial charge on any atom is 0.258 e. The highest BCUT2D eigenvalue weighted by Crippen LogP contribution is 2.17. The summed E-state index contributed by atoms with van der Waals surface area (Å²) >= 11 is 0.